The minimum absolute atomic E-state index is 0.503. The molecule has 0 amide bonds. The molecule has 1 N–H and O–H groups in total. The lowest BCUT2D eigenvalue weighted by atomic mass is 10.2. The van der Waals surface area contributed by atoms with Crippen LogP contribution in [0.5, 0.6) is 0 Å². The largest absolute Gasteiger partial charge is 0.361 e. The van der Waals surface area contributed by atoms with Crippen molar-refractivity contribution in [3.8, 4) is 16.9 Å². The first-order chi connectivity index (χ1) is 12.7. The predicted molar refractivity (Wildman–Crippen MR) is 97.9 cm³/mol. The summed E-state index contributed by atoms with van der Waals surface area (Å²) in [4.78, 5) is 8.81. The van der Waals surface area contributed by atoms with Crippen molar-refractivity contribution in [3.05, 3.63) is 72.0 Å². The Morgan fingerprint density at radius 1 is 1.15 bits per heavy atom. The quantitative estimate of drug-likeness (QED) is 0.595. The summed E-state index contributed by atoms with van der Waals surface area (Å²) in [6.45, 7) is 4.43. The molecule has 7 heteroatoms. The van der Waals surface area contributed by atoms with Gasteiger partial charge in [0.25, 0.3) is 0 Å². The second-order valence-corrected chi connectivity index (χ2v) is 6.06. The van der Waals surface area contributed by atoms with Gasteiger partial charge in [-0.2, -0.15) is 5.10 Å². The van der Waals surface area contributed by atoms with E-state index in [1.54, 1.807) is 12.4 Å². The first kappa shape index (κ1) is 16.0. The van der Waals surface area contributed by atoms with Crippen LogP contribution in [0.25, 0.3) is 16.9 Å². The Kier molecular flexibility index (Phi) is 4.18. The van der Waals surface area contributed by atoms with E-state index in [0.29, 0.717) is 12.5 Å². The minimum Gasteiger partial charge on any atom is -0.361 e. The maximum absolute atomic E-state index is 5.06. The number of benzene rings is 1. The Labute approximate surface area is 150 Å². The van der Waals surface area contributed by atoms with Gasteiger partial charge in [-0.25, -0.2) is 14.6 Å². The van der Waals surface area contributed by atoms with Gasteiger partial charge < -0.3 is 9.84 Å². The van der Waals surface area contributed by atoms with Crippen LogP contribution >= 0.6 is 0 Å². The number of nitrogens with zero attached hydrogens (tertiary/aromatic N) is 5. The molecular formula is C19H18N6O. The lowest BCUT2D eigenvalue weighted by molar-refractivity contribution is 0.391. The third-order valence-corrected chi connectivity index (χ3v) is 3.90. The van der Waals surface area contributed by atoms with Crippen molar-refractivity contribution in [2.45, 2.75) is 20.4 Å². The SMILES string of the molecule is Cc1cccc(-n2cc(-c3ccnc(NCc4cc(C)on4)n3)cn2)c1. The van der Waals surface area contributed by atoms with Crippen LogP contribution in [0, 0.1) is 13.8 Å². The van der Waals surface area contributed by atoms with E-state index >= 15 is 0 Å². The molecule has 130 valence electrons. The van der Waals surface area contributed by atoms with Gasteiger partial charge in [-0.1, -0.05) is 17.3 Å². The molecule has 7 nitrogen and oxygen atoms in total. The normalized spacial score (nSPS) is 10.8. The molecule has 0 bridgehead atoms. The monoisotopic (exact) mass is 346 g/mol. The van der Waals surface area contributed by atoms with Crippen LogP contribution < -0.4 is 5.32 Å². The highest BCUT2D eigenvalue weighted by atomic mass is 16.5. The molecule has 4 aromatic rings. The molecule has 3 aromatic heterocycles. The number of rotatable bonds is 5. The first-order valence-corrected chi connectivity index (χ1v) is 8.28. The molecule has 0 aliphatic heterocycles. The fourth-order valence-electron chi connectivity index (χ4n) is 2.64. The average Bonchev–Trinajstić information content (AvgIpc) is 3.29. The van der Waals surface area contributed by atoms with Crippen LogP contribution in [0.3, 0.4) is 0 Å². The zero-order valence-corrected chi connectivity index (χ0v) is 14.5. The third kappa shape index (κ3) is 3.46. The van der Waals surface area contributed by atoms with Gasteiger partial charge in [-0.05, 0) is 37.6 Å². The zero-order chi connectivity index (χ0) is 17.9. The maximum atomic E-state index is 5.06. The maximum Gasteiger partial charge on any atom is 0.223 e. The molecule has 0 aliphatic carbocycles. The van der Waals surface area contributed by atoms with E-state index in [9.17, 15) is 0 Å². The van der Waals surface area contributed by atoms with Gasteiger partial charge >= 0.3 is 0 Å². The van der Waals surface area contributed by atoms with Gasteiger partial charge in [0, 0.05) is 24.0 Å². The second-order valence-electron chi connectivity index (χ2n) is 6.06. The minimum atomic E-state index is 0.503. The Hall–Kier alpha value is -3.48. The van der Waals surface area contributed by atoms with Crippen molar-refractivity contribution < 1.29 is 4.52 Å². The van der Waals surface area contributed by atoms with Gasteiger partial charge in [0.2, 0.25) is 5.95 Å². The Morgan fingerprint density at radius 2 is 2.08 bits per heavy atom. The van der Waals surface area contributed by atoms with Gasteiger partial charge in [0.15, 0.2) is 0 Å². The van der Waals surface area contributed by atoms with Gasteiger partial charge in [0.1, 0.15) is 11.5 Å². The molecule has 0 spiro atoms. The van der Waals surface area contributed by atoms with Crippen molar-refractivity contribution in [2.24, 2.45) is 0 Å². The van der Waals surface area contributed by atoms with Crippen molar-refractivity contribution in [1.82, 2.24) is 24.9 Å². The van der Waals surface area contributed by atoms with Crippen molar-refractivity contribution >= 4 is 5.95 Å². The fourth-order valence-corrected chi connectivity index (χ4v) is 2.64. The van der Waals surface area contributed by atoms with Crippen LogP contribution in [0.4, 0.5) is 5.95 Å². The van der Waals surface area contributed by atoms with Crippen molar-refractivity contribution in [3.63, 3.8) is 0 Å². The number of nitrogens with one attached hydrogen (secondary N) is 1. The summed E-state index contributed by atoms with van der Waals surface area (Å²) in [5.41, 5.74) is 4.75. The second kappa shape index (κ2) is 6.79. The van der Waals surface area contributed by atoms with E-state index in [1.165, 1.54) is 5.56 Å². The molecule has 4 rings (SSSR count). The molecule has 0 radical (unpaired) electrons. The van der Waals surface area contributed by atoms with E-state index in [1.807, 2.05) is 42.1 Å². The van der Waals surface area contributed by atoms with E-state index in [4.69, 9.17) is 4.52 Å². The lowest BCUT2D eigenvalue weighted by Crippen LogP contribution is -2.04. The van der Waals surface area contributed by atoms with Crippen molar-refractivity contribution in [1.29, 1.82) is 0 Å². The van der Waals surface area contributed by atoms with E-state index in [-0.39, 0.29) is 0 Å². The number of aromatic nitrogens is 5. The highest BCUT2D eigenvalue weighted by Gasteiger charge is 2.07. The third-order valence-electron chi connectivity index (χ3n) is 3.90. The summed E-state index contributed by atoms with van der Waals surface area (Å²) in [5, 5.41) is 11.6. The van der Waals surface area contributed by atoms with E-state index in [0.717, 1.165) is 28.4 Å². The first-order valence-electron chi connectivity index (χ1n) is 8.28. The average molecular weight is 346 g/mol. The molecule has 0 saturated heterocycles. The molecule has 0 atom stereocenters. The van der Waals surface area contributed by atoms with E-state index in [2.05, 4.69) is 44.6 Å². The highest BCUT2D eigenvalue weighted by Crippen LogP contribution is 2.19. The van der Waals surface area contributed by atoms with Gasteiger partial charge in [0.05, 0.1) is 24.1 Å². The molecule has 26 heavy (non-hydrogen) atoms. The Morgan fingerprint density at radius 3 is 2.88 bits per heavy atom. The van der Waals surface area contributed by atoms with Crippen LogP contribution in [0.15, 0.2) is 59.5 Å². The summed E-state index contributed by atoms with van der Waals surface area (Å²) in [7, 11) is 0. The van der Waals surface area contributed by atoms with Crippen LogP contribution in [-0.4, -0.2) is 24.9 Å². The summed E-state index contributed by atoms with van der Waals surface area (Å²) in [6.07, 6.45) is 5.49. The lowest BCUT2D eigenvalue weighted by Gasteiger charge is -2.04. The molecule has 0 saturated carbocycles. The van der Waals surface area contributed by atoms with Gasteiger partial charge in [-0.3, -0.25) is 0 Å². The molecule has 1 aromatic carbocycles. The number of hydrogen-bond acceptors (Lipinski definition) is 6. The number of hydrogen-bond donors (Lipinski definition) is 1. The zero-order valence-electron chi connectivity index (χ0n) is 14.5. The summed E-state index contributed by atoms with van der Waals surface area (Å²) in [6, 6.07) is 11.9. The number of aryl methyl sites for hydroxylation is 2. The topological polar surface area (TPSA) is 81.7 Å². The molecule has 0 aliphatic rings. The molecule has 0 unspecified atom stereocenters. The van der Waals surface area contributed by atoms with Crippen molar-refractivity contribution in [2.75, 3.05) is 5.32 Å². The van der Waals surface area contributed by atoms with Crippen LogP contribution in [0.2, 0.25) is 0 Å². The Bertz CT molecular complexity index is 1040. The van der Waals surface area contributed by atoms with Crippen LogP contribution in [0.1, 0.15) is 17.0 Å². The van der Waals surface area contributed by atoms with E-state index < -0.39 is 0 Å². The standard InChI is InChI=1S/C19H18N6O/c1-13-4-3-5-17(8-13)25-12-15(10-22-25)18-6-7-20-19(23-18)21-11-16-9-14(2)26-24-16/h3-10,12H,11H2,1-2H3,(H,20,21,23). The predicted octanol–water partition coefficient (Wildman–Crippen LogP) is 3.55. The summed E-state index contributed by atoms with van der Waals surface area (Å²) >= 11 is 0. The van der Waals surface area contributed by atoms with Gasteiger partial charge in [-0.15, -0.1) is 0 Å². The molecular weight excluding hydrogens is 328 g/mol. The summed E-state index contributed by atoms with van der Waals surface area (Å²) < 4.78 is 6.90. The molecule has 3 heterocycles. The highest BCUT2D eigenvalue weighted by molar-refractivity contribution is 5.58. The fraction of sp³-hybridized carbons (Fsp3) is 0.158. The number of anilines is 1. The molecule has 0 fully saturated rings. The smallest absolute Gasteiger partial charge is 0.223 e. The summed E-state index contributed by atoms with van der Waals surface area (Å²) in [5.74, 6) is 1.31. The van der Waals surface area contributed by atoms with Crippen LogP contribution in [-0.2, 0) is 6.54 Å². The Balaban J connectivity index is 1.53.